The lowest BCUT2D eigenvalue weighted by atomic mass is 10.3. The Morgan fingerprint density at radius 3 is 2.71 bits per heavy atom. The van der Waals surface area contributed by atoms with Crippen molar-refractivity contribution in [3.05, 3.63) is 29.8 Å². The molecular formula is C10H13F2NS. The van der Waals surface area contributed by atoms with Gasteiger partial charge in [0.05, 0.1) is 0 Å². The Balaban J connectivity index is 2.79. The molecule has 1 rings (SSSR count). The van der Waals surface area contributed by atoms with Crippen LogP contribution in [0.5, 0.6) is 0 Å². The number of hydrogen-bond acceptors (Lipinski definition) is 2. The first kappa shape index (κ1) is 11.5. The van der Waals surface area contributed by atoms with Gasteiger partial charge in [0.2, 0.25) is 0 Å². The van der Waals surface area contributed by atoms with E-state index in [0.29, 0.717) is 11.4 Å². The van der Waals surface area contributed by atoms with Crippen molar-refractivity contribution in [2.24, 2.45) is 5.73 Å². The predicted molar refractivity (Wildman–Crippen MR) is 55.3 cm³/mol. The zero-order valence-corrected chi connectivity index (χ0v) is 8.78. The van der Waals surface area contributed by atoms with Crippen LogP contribution >= 0.6 is 11.8 Å². The molecule has 14 heavy (non-hydrogen) atoms. The Kier molecular flexibility index (Phi) is 4.35. The predicted octanol–water partition coefficient (Wildman–Crippen LogP) is 2.79. The maximum atomic E-state index is 13.2. The van der Waals surface area contributed by atoms with Crippen molar-refractivity contribution >= 4 is 11.8 Å². The summed E-state index contributed by atoms with van der Waals surface area (Å²) in [5.74, 6) is -0.802. The largest absolute Gasteiger partial charge is 0.329 e. The molecule has 1 aromatic carbocycles. The van der Waals surface area contributed by atoms with Crippen LogP contribution in [0.4, 0.5) is 8.78 Å². The Bertz CT molecular complexity index is 300. The Labute approximate surface area is 86.7 Å². The van der Waals surface area contributed by atoms with E-state index in [4.69, 9.17) is 5.73 Å². The molecule has 2 N–H and O–H groups in total. The van der Waals surface area contributed by atoms with Gasteiger partial charge in [-0.2, -0.15) is 0 Å². The van der Waals surface area contributed by atoms with E-state index in [9.17, 15) is 8.78 Å². The van der Waals surface area contributed by atoms with E-state index < -0.39 is 5.82 Å². The summed E-state index contributed by atoms with van der Waals surface area (Å²) in [5.41, 5.74) is 5.48. The van der Waals surface area contributed by atoms with Crippen molar-refractivity contribution in [2.45, 2.75) is 23.5 Å². The van der Waals surface area contributed by atoms with Gasteiger partial charge in [-0.05, 0) is 24.6 Å². The van der Waals surface area contributed by atoms with Crippen LogP contribution in [0.2, 0.25) is 0 Å². The molecule has 0 radical (unpaired) electrons. The number of benzene rings is 1. The molecule has 0 aliphatic heterocycles. The van der Waals surface area contributed by atoms with Gasteiger partial charge in [-0.15, -0.1) is 11.8 Å². The second kappa shape index (κ2) is 5.32. The first-order valence-electron chi connectivity index (χ1n) is 4.49. The lowest BCUT2D eigenvalue weighted by Crippen LogP contribution is -2.15. The molecule has 0 aromatic heterocycles. The molecule has 1 atom stereocenters. The third-order valence-electron chi connectivity index (χ3n) is 1.91. The molecule has 4 heteroatoms. The van der Waals surface area contributed by atoms with Crippen LogP contribution in [-0.2, 0) is 0 Å². The van der Waals surface area contributed by atoms with E-state index in [0.717, 1.165) is 18.6 Å². The van der Waals surface area contributed by atoms with E-state index >= 15 is 0 Å². The van der Waals surface area contributed by atoms with Gasteiger partial charge < -0.3 is 5.73 Å². The molecule has 0 bridgehead atoms. The lowest BCUT2D eigenvalue weighted by Gasteiger charge is -2.11. The summed E-state index contributed by atoms with van der Waals surface area (Å²) in [7, 11) is 0. The third-order valence-corrected chi connectivity index (χ3v) is 3.33. The number of nitrogens with two attached hydrogens (primary N) is 1. The third kappa shape index (κ3) is 2.96. The monoisotopic (exact) mass is 217 g/mol. The van der Waals surface area contributed by atoms with Gasteiger partial charge in [0.15, 0.2) is 0 Å². The van der Waals surface area contributed by atoms with E-state index in [2.05, 4.69) is 0 Å². The summed E-state index contributed by atoms with van der Waals surface area (Å²) < 4.78 is 26.0. The van der Waals surface area contributed by atoms with Gasteiger partial charge in [0.25, 0.3) is 0 Å². The van der Waals surface area contributed by atoms with E-state index in [1.54, 1.807) is 0 Å². The Morgan fingerprint density at radius 1 is 1.43 bits per heavy atom. The molecule has 0 saturated heterocycles. The van der Waals surface area contributed by atoms with Crippen molar-refractivity contribution in [1.29, 1.82) is 0 Å². The zero-order chi connectivity index (χ0) is 10.6. The number of hydrogen-bond donors (Lipinski definition) is 1. The molecular weight excluding hydrogens is 204 g/mol. The second-order valence-corrected chi connectivity index (χ2v) is 4.30. The summed E-state index contributed by atoms with van der Waals surface area (Å²) in [5, 5.41) is 0.145. The van der Waals surface area contributed by atoms with Crippen LogP contribution in [0.15, 0.2) is 23.1 Å². The summed E-state index contributed by atoms with van der Waals surface area (Å²) in [6, 6.07) is 3.46. The maximum absolute atomic E-state index is 13.2. The molecule has 0 spiro atoms. The highest BCUT2D eigenvalue weighted by atomic mass is 32.2. The summed E-state index contributed by atoms with van der Waals surface area (Å²) in [4.78, 5) is 0.335. The highest BCUT2D eigenvalue weighted by Crippen LogP contribution is 2.27. The fraction of sp³-hybridized carbons (Fsp3) is 0.400. The van der Waals surface area contributed by atoms with Crippen LogP contribution in [0, 0.1) is 11.6 Å². The van der Waals surface area contributed by atoms with Crippen molar-refractivity contribution in [2.75, 3.05) is 6.54 Å². The van der Waals surface area contributed by atoms with Crippen LogP contribution in [0.1, 0.15) is 13.3 Å². The minimum Gasteiger partial charge on any atom is -0.329 e. The van der Waals surface area contributed by atoms with E-state index in [-0.39, 0.29) is 11.1 Å². The Hall–Kier alpha value is -0.610. The minimum atomic E-state index is -0.416. The molecule has 1 unspecified atom stereocenters. The minimum absolute atomic E-state index is 0.145. The number of thioether (sulfide) groups is 1. The topological polar surface area (TPSA) is 26.0 Å². The standard InChI is InChI=1S/C10H13F2NS/c1-2-8(6-13)14-10-5-7(11)3-4-9(10)12/h3-5,8H,2,6,13H2,1H3. The van der Waals surface area contributed by atoms with Gasteiger partial charge in [-0.1, -0.05) is 6.92 Å². The highest BCUT2D eigenvalue weighted by molar-refractivity contribution is 8.00. The zero-order valence-electron chi connectivity index (χ0n) is 7.97. The van der Waals surface area contributed by atoms with Gasteiger partial charge in [-0.25, -0.2) is 8.78 Å². The quantitative estimate of drug-likeness (QED) is 0.785. The second-order valence-electron chi connectivity index (χ2n) is 2.96. The molecule has 1 nitrogen and oxygen atoms in total. The molecule has 0 saturated carbocycles. The fourth-order valence-electron chi connectivity index (χ4n) is 1.05. The molecule has 0 aliphatic rings. The normalized spacial score (nSPS) is 12.9. The molecule has 0 aliphatic carbocycles. The van der Waals surface area contributed by atoms with Gasteiger partial charge >= 0.3 is 0 Å². The van der Waals surface area contributed by atoms with Gasteiger partial charge in [0.1, 0.15) is 11.6 Å². The van der Waals surface area contributed by atoms with Crippen LogP contribution in [0.3, 0.4) is 0 Å². The molecule has 0 heterocycles. The summed E-state index contributed by atoms with van der Waals surface area (Å²) in [6.07, 6.45) is 0.844. The van der Waals surface area contributed by atoms with Gasteiger partial charge in [0, 0.05) is 16.7 Å². The fourth-order valence-corrected chi connectivity index (χ4v) is 2.03. The molecule has 0 fully saturated rings. The van der Waals surface area contributed by atoms with Gasteiger partial charge in [-0.3, -0.25) is 0 Å². The Morgan fingerprint density at radius 2 is 2.14 bits per heavy atom. The summed E-state index contributed by atoms with van der Waals surface area (Å²) >= 11 is 1.29. The lowest BCUT2D eigenvalue weighted by molar-refractivity contribution is 0.576. The average Bonchev–Trinajstić information content (AvgIpc) is 2.19. The summed E-state index contributed by atoms with van der Waals surface area (Å²) in [6.45, 7) is 2.44. The van der Waals surface area contributed by atoms with Crippen molar-refractivity contribution in [1.82, 2.24) is 0 Å². The SMILES string of the molecule is CCC(CN)Sc1cc(F)ccc1F. The first-order chi connectivity index (χ1) is 6.67. The van der Waals surface area contributed by atoms with Crippen LogP contribution in [0.25, 0.3) is 0 Å². The molecule has 1 aromatic rings. The number of halogens is 2. The van der Waals surface area contributed by atoms with Crippen molar-refractivity contribution < 1.29 is 8.78 Å². The smallest absolute Gasteiger partial charge is 0.136 e. The van der Waals surface area contributed by atoms with Crippen molar-refractivity contribution in [3.63, 3.8) is 0 Å². The molecule has 0 amide bonds. The van der Waals surface area contributed by atoms with E-state index in [1.807, 2.05) is 6.92 Å². The van der Waals surface area contributed by atoms with Crippen LogP contribution in [-0.4, -0.2) is 11.8 Å². The van der Waals surface area contributed by atoms with Crippen LogP contribution < -0.4 is 5.73 Å². The molecule has 78 valence electrons. The van der Waals surface area contributed by atoms with E-state index in [1.165, 1.54) is 17.8 Å². The average molecular weight is 217 g/mol. The number of rotatable bonds is 4. The maximum Gasteiger partial charge on any atom is 0.136 e. The first-order valence-corrected chi connectivity index (χ1v) is 5.37. The highest BCUT2D eigenvalue weighted by Gasteiger charge is 2.10. The van der Waals surface area contributed by atoms with Crippen molar-refractivity contribution in [3.8, 4) is 0 Å².